The summed E-state index contributed by atoms with van der Waals surface area (Å²) in [6.45, 7) is 2.84. The van der Waals surface area contributed by atoms with E-state index in [0.717, 1.165) is 45.6 Å². The number of amides is 1. The van der Waals surface area contributed by atoms with E-state index in [9.17, 15) is 4.79 Å². The van der Waals surface area contributed by atoms with Gasteiger partial charge in [0, 0.05) is 38.1 Å². The number of ether oxygens (including phenoxy) is 1. The van der Waals surface area contributed by atoms with Gasteiger partial charge in [0.2, 0.25) is 0 Å². The molecule has 1 aliphatic heterocycles. The third-order valence-electron chi connectivity index (χ3n) is 5.01. The number of aromatic nitrogens is 4. The average Bonchev–Trinajstić information content (AvgIpc) is 3.39. The molecule has 1 N–H and O–H groups in total. The van der Waals surface area contributed by atoms with Crippen molar-refractivity contribution in [2.24, 2.45) is 0 Å². The number of nitrogens with one attached hydrogen (secondary N) is 1. The fraction of sp³-hybridized carbons (Fsp3) is 0.300. The lowest BCUT2D eigenvalue weighted by atomic mass is 10.1. The number of aromatic amines is 1. The molecule has 0 unspecified atom stereocenters. The highest BCUT2D eigenvalue weighted by atomic mass is 32.1. The van der Waals surface area contributed by atoms with Gasteiger partial charge in [-0.1, -0.05) is 12.1 Å². The van der Waals surface area contributed by atoms with Crippen LogP contribution in [0.1, 0.15) is 9.67 Å². The number of H-pyrrole nitrogens is 1. The Balaban J connectivity index is 1.73. The highest BCUT2D eigenvalue weighted by molar-refractivity contribution is 7.21. The first-order chi connectivity index (χ1) is 14.1. The second kappa shape index (κ2) is 7.09. The zero-order chi connectivity index (χ0) is 20.0. The topological polar surface area (TPSA) is 87.2 Å². The summed E-state index contributed by atoms with van der Waals surface area (Å²) in [7, 11) is 3.51. The number of morpholine rings is 1. The molecule has 1 fully saturated rings. The first-order valence-electron chi connectivity index (χ1n) is 9.40. The lowest BCUT2D eigenvalue weighted by Gasteiger charge is -2.28. The van der Waals surface area contributed by atoms with Crippen molar-refractivity contribution in [3.05, 3.63) is 35.3 Å². The van der Waals surface area contributed by atoms with Gasteiger partial charge in [-0.3, -0.25) is 9.89 Å². The summed E-state index contributed by atoms with van der Waals surface area (Å²) in [5, 5.41) is 8.12. The molecular formula is C20H20N6O2S. The van der Waals surface area contributed by atoms with E-state index in [2.05, 4.69) is 15.1 Å². The van der Waals surface area contributed by atoms with Crippen LogP contribution < -0.4 is 4.90 Å². The van der Waals surface area contributed by atoms with Crippen LogP contribution in [0.2, 0.25) is 0 Å². The second-order valence-electron chi connectivity index (χ2n) is 7.13. The van der Waals surface area contributed by atoms with Crippen LogP contribution in [0.15, 0.2) is 30.5 Å². The van der Waals surface area contributed by atoms with Crippen molar-refractivity contribution >= 4 is 44.2 Å². The van der Waals surface area contributed by atoms with E-state index in [1.165, 1.54) is 11.3 Å². The van der Waals surface area contributed by atoms with E-state index in [1.807, 2.05) is 24.3 Å². The summed E-state index contributed by atoms with van der Waals surface area (Å²) in [4.78, 5) is 26.8. The summed E-state index contributed by atoms with van der Waals surface area (Å²) in [6, 6.07) is 7.81. The standard InChI is InChI=1S/C20H20N6O2S/c1-25(2)20(27)16-10-15-17(29-16)19(26-6-8-28-9-7-26)23-18(22-15)12-4-3-5-14-13(12)11-21-24-14/h3-5,10-11H,6-9H2,1-2H3,(H,21,24). The van der Waals surface area contributed by atoms with Crippen LogP contribution in [0.25, 0.3) is 32.5 Å². The van der Waals surface area contributed by atoms with E-state index in [1.54, 1.807) is 25.2 Å². The van der Waals surface area contributed by atoms with Gasteiger partial charge in [-0.2, -0.15) is 5.10 Å². The second-order valence-corrected chi connectivity index (χ2v) is 8.18. The van der Waals surface area contributed by atoms with Crippen molar-refractivity contribution in [1.82, 2.24) is 25.1 Å². The highest BCUT2D eigenvalue weighted by Gasteiger charge is 2.22. The summed E-state index contributed by atoms with van der Waals surface area (Å²) >= 11 is 1.45. The molecule has 4 heterocycles. The van der Waals surface area contributed by atoms with E-state index in [0.29, 0.717) is 23.9 Å². The fourth-order valence-electron chi connectivity index (χ4n) is 3.51. The summed E-state index contributed by atoms with van der Waals surface area (Å²) in [5.41, 5.74) is 2.64. The maximum absolute atomic E-state index is 12.5. The number of hydrogen-bond acceptors (Lipinski definition) is 7. The number of carbonyl (C=O) groups is 1. The van der Waals surface area contributed by atoms with Gasteiger partial charge in [0.25, 0.3) is 5.91 Å². The lowest BCUT2D eigenvalue weighted by molar-refractivity contribution is 0.0832. The summed E-state index contributed by atoms with van der Waals surface area (Å²) < 4.78 is 6.45. The molecule has 4 aromatic rings. The van der Waals surface area contributed by atoms with Crippen molar-refractivity contribution < 1.29 is 9.53 Å². The zero-order valence-electron chi connectivity index (χ0n) is 16.2. The molecule has 9 heteroatoms. The van der Waals surface area contributed by atoms with Crippen molar-refractivity contribution in [1.29, 1.82) is 0 Å². The van der Waals surface area contributed by atoms with Gasteiger partial charge in [-0.05, 0) is 12.1 Å². The number of benzene rings is 1. The Morgan fingerprint density at radius 3 is 2.86 bits per heavy atom. The van der Waals surface area contributed by atoms with E-state index in [-0.39, 0.29) is 5.91 Å². The molecule has 0 saturated carbocycles. The lowest BCUT2D eigenvalue weighted by Crippen LogP contribution is -2.36. The minimum Gasteiger partial charge on any atom is -0.378 e. The smallest absolute Gasteiger partial charge is 0.263 e. The van der Waals surface area contributed by atoms with Gasteiger partial charge in [0.15, 0.2) is 11.6 Å². The molecule has 148 valence electrons. The molecule has 1 aromatic carbocycles. The van der Waals surface area contributed by atoms with Gasteiger partial charge in [-0.15, -0.1) is 11.3 Å². The van der Waals surface area contributed by atoms with Crippen LogP contribution >= 0.6 is 11.3 Å². The van der Waals surface area contributed by atoms with Crippen LogP contribution in [0.3, 0.4) is 0 Å². The minimum absolute atomic E-state index is 0.0283. The number of anilines is 1. The molecule has 5 rings (SSSR count). The predicted molar refractivity (Wildman–Crippen MR) is 114 cm³/mol. The van der Waals surface area contributed by atoms with Gasteiger partial charge < -0.3 is 14.5 Å². The number of hydrogen-bond donors (Lipinski definition) is 1. The number of rotatable bonds is 3. The molecule has 0 spiro atoms. The first kappa shape index (κ1) is 18.0. The fourth-order valence-corrected chi connectivity index (χ4v) is 4.65. The molecule has 0 radical (unpaired) electrons. The number of fused-ring (bicyclic) bond motifs is 2. The van der Waals surface area contributed by atoms with E-state index >= 15 is 0 Å². The molecule has 0 atom stereocenters. The first-order valence-corrected chi connectivity index (χ1v) is 10.2. The normalized spacial score (nSPS) is 14.6. The van der Waals surface area contributed by atoms with Gasteiger partial charge >= 0.3 is 0 Å². The zero-order valence-corrected chi connectivity index (χ0v) is 17.0. The molecule has 29 heavy (non-hydrogen) atoms. The molecule has 1 aliphatic rings. The molecule has 0 bridgehead atoms. The average molecular weight is 408 g/mol. The van der Waals surface area contributed by atoms with Crippen LogP contribution in [-0.4, -0.2) is 71.4 Å². The van der Waals surface area contributed by atoms with E-state index < -0.39 is 0 Å². The van der Waals surface area contributed by atoms with Crippen LogP contribution in [0.5, 0.6) is 0 Å². The number of nitrogens with zero attached hydrogens (tertiary/aromatic N) is 5. The molecule has 1 saturated heterocycles. The van der Waals surface area contributed by atoms with Crippen molar-refractivity contribution in [2.45, 2.75) is 0 Å². The monoisotopic (exact) mass is 408 g/mol. The third kappa shape index (κ3) is 3.12. The molecule has 3 aromatic heterocycles. The maximum Gasteiger partial charge on any atom is 0.263 e. The summed E-state index contributed by atoms with van der Waals surface area (Å²) in [6.07, 6.45) is 1.79. The van der Waals surface area contributed by atoms with E-state index in [4.69, 9.17) is 14.7 Å². The highest BCUT2D eigenvalue weighted by Crippen LogP contribution is 2.36. The Morgan fingerprint density at radius 1 is 1.24 bits per heavy atom. The Hall–Kier alpha value is -3.04. The predicted octanol–water partition coefficient (Wildman–Crippen LogP) is 2.77. The third-order valence-corrected chi connectivity index (χ3v) is 6.12. The van der Waals surface area contributed by atoms with Crippen LogP contribution in [0.4, 0.5) is 5.82 Å². The van der Waals surface area contributed by atoms with Crippen LogP contribution in [0, 0.1) is 0 Å². The minimum atomic E-state index is -0.0283. The number of thiophene rings is 1. The quantitative estimate of drug-likeness (QED) is 0.561. The number of carbonyl (C=O) groups excluding carboxylic acids is 1. The van der Waals surface area contributed by atoms with Gasteiger partial charge in [0.1, 0.15) is 0 Å². The van der Waals surface area contributed by atoms with Crippen LogP contribution in [-0.2, 0) is 4.74 Å². The summed E-state index contributed by atoms with van der Waals surface area (Å²) in [5.74, 6) is 1.46. The Kier molecular flexibility index (Phi) is 4.40. The largest absolute Gasteiger partial charge is 0.378 e. The molecular weight excluding hydrogens is 388 g/mol. The Bertz CT molecular complexity index is 1210. The molecule has 0 aliphatic carbocycles. The van der Waals surface area contributed by atoms with Gasteiger partial charge in [-0.25, -0.2) is 9.97 Å². The van der Waals surface area contributed by atoms with Crippen molar-refractivity contribution in [2.75, 3.05) is 45.3 Å². The van der Waals surface area contributed by atoms with Gasteiger partial charge in [0.05, 0.1) is 40.0 Å². The van der Waals surface area contributed by atoms with Crippen molar-refractivity contribution in [3.63, 3.8) is 0 Å². The Morgan fingerprint density at radius 2 is 2.07 bits per heavy atom. The maximum atomic E-state index is 12.5. The molecule has 1 amide bonds. The Labute approximate surface area is 171 Å². The van der Waals surface area contributed by atoms with Crippen molar-refractivity contribution in [3.8, 4) is 11.4 Å². The molecule has 8 nitrogen and oxygen atoms in total. The SMILES string of the molecule is CN(C)C(=O)c1cc2nc(-c3cccc4[nH]ncc34)nc(N3CCOCC3)c2s1.